The summed E-state index contributed by atoms with van der Waals surface area (Å²) in [5.74, 6) is -0.923. The molecule has 0 fully saturated rings. The predicted octanol–water partition coefficient (Wildman–Crippen LogP) is 7.01. The highest BCUT2D eigenvalue weighted by Crippen LogP contribution is 2.41. The first-order valence-electron chi connectivity index (χ1n) is 17.3. The van der Waals surface area contributed by atoms with Crippen molar-refractivity contribution in [3.05, 3.63) is 57.6 Å². The van der Waals surface area contributed by atoms with Crippen LogP contribution in [0.25, 0.3) is 0 Å². The average Bonchev–Trinajstić information content (AvgIpc) is 2.96. The fraction of sp³-hybridized carbons (Fsp3) is 0.650. The molecule has 0 aliphatic rings. The molecule has 0 aromatic heterocycles. The number of phenolic OH excluding ortho intramolecular Hbond substituents is 2. The molecule has 0 atom stereocenters. The Balaban J connectivity index is 0.000000764. The zero-order valence-electron chi connectivity index (χ0n) is 32.7. The minimum atomic E-state index is -0.798. The summed E-state index contributed by atoms with van der Waals surface area (Å²) in [6.45, 7) is 26.3. The van der Waals surface area contributed by atoms with Gasteiger partial charge in [0.2, 0.25) is 0 Å². The van der Waals surface area contributed by atoms with Crippen molar-refractivity contribution in [1.29, 1.82) is 0 Å². The first-order chi connectivity index (χ1) is 22.8. The van der Waals surface area contributed by atoms with Crippen molar-refractivity contribution in [2.75, 3.05) is 39.6 Å². The molecule has 10 heteroatoms. The van der Waals surface area contributed by atoms with E-state index in [1.54, 1.807) is 0 Å². The third kappa shape index (κ3) is 17.7. The van der Waals surface area contributed by atoms with Gasteiger partial charge in [-0.3, -0.25) is 9.59 Å². The highest BCUT2D eigenvalue weighted by molar-refractivity contribution is 5.67. The van der Waals surface area contributed by atoms with Gasteiger partial charge < -0.3 is 40.1 Å². The van der Waals surface area contributed by atoms with E-state index in [9.17, 15) is 19.8 Å². The lowest BCUT2D eigenvalue weighted by Gasteiger charge is -2.28. The molecule has 0 bridgehead atoms. The molecule has 0 saturated heterocycles. The largest absolute Gasteiger partial charge is 0.507 e. The van der Waals surface area contributed by atoms with Crippen LogP contribution in [0.4, 0.5) is 0 Å². The number of aromatic hydroxyl groups is 2. The Bertz CT molecular complexity index is 1160. The minimum Gasteiger partial charge on any atom is -0.507 e. The molecule has 10 nitrogen and oxygen atoms in total. The van der Waals surface area contributed by atoms with Crippen molar-refractivity contribution < 1.29 is 49.7 Å². The number of aliphatic hydroxyl groups excluding tert-OH is 2. The number of hydrogen-bond acceptors (Lipinski definition) is 8. The third-order valence-electron chi connectivity index (χ3n) is 7.67. The summed E-state index contributed by atoms with van der Waals surface area (Å²) in [6, 6.07) is 7.75. The molecular weight excluding hydrogens is 640 g/mol. The second kappa shape index (κ2) is 20.6. The number of aliphatic hydroxyl groups is 2. The van der Waals surface area contributed by atoms with Gasteiger partial charge in [-0.2, -0.15) is 0 Å². The Morgan fingerprint density at radius 2 is 0.740 bits per heavy atom. The molecule has 0 radical (unpaired) electrons. The van der Waals surface area contributed by atoms with Crippen LogP contribution in [0.3, 0.4) is 0 Å². The van der Waals surface area contributed by atoms with Gasteiger partial charge in [0.25, 0.3) is 0 Å². The second-order valence-electron chi connectivity index (χ2n) is 16.5. The summed E-state index contributed by atoms with van der Waals surface area (Å²) in [7, 11) is 0. The number of hydrogen-bond donors (Lipinski definition) is 6. The summed E-state index contributed by atoms with van der Waals surface area (Å²) in [4.78, 5) is 21.5. The first-order valence-corrected chi connectivity index (χ1v) is 17.3. The maximum Gasteiger partial charge on any atom is 0.303 e. The number of benzene rings is 2. The van der Waals surface area contributed by atoms with Gasteiger partial charge >= 0.3 is 11.9 Å². The summed E-state index contributed by atoms with van der Waals surface area (Å²) >= 11 is 0. The maximum atomic E-state index is 10.8. The van der Waals surface area contributed by atoms with Crippen molar-refractivity contribution in [1.82, 2.24) is 0 Å². The highest BCUT2D eigenvalue weighted by atomic mass is 16.5. The van der Waals surface area contributed by atoms with Crippen LogP contribution >= 0.6 is 0 Å². The molecule has 0 amide bonds. The maximum absolute atomic E-state index is 10.8. The standard InChI is InChI=1S/2C17H26O3.C6H14O4/c2*1-16(2,3)12-9-11(7-8-14(18)19)10-13(15(12)20)17(4,5)6;7-1-3-9-5-6-10-4-2-8/h2*9-10,20H,7-8H2,1-6H3,(H,18,19);7-8H,1-6H2. The Labute approximate surface area is 300 Å². The molecule has 2 rings (SSSR count). The van der Waals surface area contributed by atoms with Crippen LogP contribution in [-0.4, -0.2) is 82.2 Å². The lowest BCUT2D eigenvalue weighted by atomic mass is 9.78. The van der Waals surface area contributed by atoms with E-state index in [0.29, 0.717) is 50.8 Å². The Hall–Kier alpha value is -3.18. The van der Waals surface area contributed by atoms with E-state index in [2.05, 4.69) is 83.1 Å². The van der Waals surface area contributed by atoms with Gasteiger partial charge in [-0.05, 0) is 67.9 Å². The molecule has 286 valence electrons. The normalized spacial score (nSPS) is 12.0. The van der Waals surface area contributed by atoms with Gasteiger partial charge in [0.05, 0.1) is 39.6 Å². The van der Waals surface area contributed by atoms with Crippen LogP contribution in [0.2, 0.25) is 0 Å². The molecule has 0 aliphatic carbocycles. The van der Waals surface area contributed by atoms with Gasteiger partial charge in [0, 0.05) is 12.8 Å². The molecule has 2 aromatic carbocycles. The number of carboxylic acid groups (broad SMARTS) is 2. The molecule has 0 spiro atoms. The summed E-state index contributed by atoms with van der Waals surface area (Å²) in [5, 5.41) is 55.3. The lowest BCUT2D eigenvalue weighted by molar-refractivity contribution is -0.138. The Morgan fingerprint density at radius 1 is 0.500 bits per heavy atom. The highest BCUT2D eigenvalue weighted by Gasteiger charge is 2.28. The van der Waals surface area contributed by atoms with Gasteiger partial charge in [-0.15, -0.1) is 0 Å². The van der Waals surface area contributed by atoms with Crippen LogP contribution in [0, 0.1) is 0 Å². The van der Waals surface area contributed by atoms with E-state index in [-0.39, 0.29) is 47.7 Å². The van der Waals surface area contributed by atoms with E-state index in [0.717, 1.165) is 33.4 Å². The molecule has 0 unspecified atom stereocenters. The number of phenols is 2. The molecule has 0 saturated carbocycles. The monoisotopic (exact) mass is 706 g/mol. The third-order valence-corrected chi connectivity index (χ3v) is 7.67. The van der Waals surface area contributed by atoms with Crippen LogP contribution in [-0.2, 0) is 53.6 Å². The van der Waals surface area contributed by atoms with Crippen molar-refractivity contribution >= 4 is 11.9 Å². The summed E-state index contributed by atoms with van der Waals surface area (Å²) in [5.41, 5.74) is 4.76. The molecule has 6 N–H and O–H groups in total. The molecule has 0 aliphatic heterocycles. The van der Waals surface area contributed by atoms with Crippen molar-refractivity contribution in [3.63, 3.8) is 0 Å². The predicted molar refractivity (Wildman–Crippen MR) is 199 cm³/mol. The Kier molecular flexibility index (Phi) is 19.3. The van der Waals surface area contributed by atoms with Crippen molar-refractivity contribution in [3.8, 4) is 11.5 Å². The van der Waals surface area contributed by atoms with Gasteiger partial charge in [-0.25, -0.2) is 0 Å². The smallest absolute Gasteiger partial charge is 0.303 e. The van der Waals surface area contributed by atoms with Gasteiger partial charge in [-0.1, -0.05) is 107 Å². The first kappa shape index (κ1) is 46.8. The van der Waals surface area contributed by atoms with E-state index in [1.165, 1.54) is 0 Å². The number of aryl methyl sites for hydroxylation is 2. The summed E-state index contributed by atoms with van der Waals surface area (Å²) in [6.07, 6.45) is 1.19. The van der Waals surface area contributed by atoms with Crippen LogP contribution < -0.4 is 0 Å². The quantitative estimate of drug-likeness (QED) is 0.119. The SMILES string of the molecule is CC(C)(C)c1cc(CCC(=O)O)cc(C(C)(C)C)c1O.CC(C)(C)c1cc(CCC(=O)O)cc(C(C)(C)C)c1O.OCCOCCOCCO. The van der Waals surface area contributed by atoms with Gasteiger partial charge in [0.1, 0.15) is 11.5 Å². The van der Waals surface area contributed by atoms with E-state index in [1.807, 2.05) is 24.3 Å². The topological polar surface area (TPSA) is 174 Å². The number of carboxylic acids is 2. The minimum absolute atomic E-state index is 0.0417. The Morgan fingerprint density at radius 3 is 0.920 bits per heavy atom. The lowest BCUT2D eigenvalue weighted by Crippen LogP contribution is -2.18. The molecule has 50 heavy (non-hydrogen) atoms. The van der Waals surface area contributed by atoms with Crippen LogP contribution in [0.5, 0.6) is 11.5 Å². The zero-order valence-corrected chi connectivity index (χ0v) is 32.7. The van der Waals surface area contributed by atoms with Crippen molar-refractivity contribution in [2.45, 2.75) is 130 Å². The average molecular weight is 707 g/mol. The van der Waals surface area contributed by atoms with Crippen LogP contribution in [0.15, 0.2) is 24.3 Å². The van der Waals surface area contributed by atoms with Gasteiger partial charge in [0.15, 0.2) is 0 Å². The van der Waals surface area contributed by atoms with Crippen molar-refractivity contribution in [2.24, 2.45) is 0 Å². The fourth-order valence-electron chi connectivity index (χ4n) is 4.92. The number of rotatable bonds is 13. The van der Waals surface area contributed by atoms with E-state index >= 15 is 0 Å². The molecule has 2 aromatic rings. The van der Waals surface area contributed by atoms with Crippen LogP contribution in [0.1, 0.15) is 129 Å². The number of ether oxygens (including phenoxy) is 2. The second-order valence-corrected chi connectivity index (χ2v) is 16.5. The number of carbonyl (C=O) groups is 2. The summed E-state index contributed by atoms with van der Waals surface area (Å²) < 4.78 is 9.75. The van der Waals surface area contributed by atoms with E-state index in [4.69, 9.17) is 29.9 Å². The zero-order chi connectivity index (χ0) is 39.1. The van der Waals surface area contributed by atoms with E-state index < -0.39 is 11.9 Å². The fourth-order valence-corrected chi connectivity index (χ4v) is 4.92. The molecular formula is C40H66O10. The number of aliphatic carboxylic acids is 2. The molecule has 0 heterocycles.